The first kappa shape index (κ1) is 23.4. The van der Waals surface area contributed by atoms with E-state index in [0.29, 0.717) is 55.8 Å². The maximum atomic E-state index is 13.4. The van der Waals surface area contributed by atoms with Crippen molar-refractivity contribution in [3.63, 3.8) is 0 Å². The molecule has 176 valence electrons. The topological polar surface area (TPSA) is 84.9 Å². The molecule has 5 nitrogen and oxygen atoms in total. The van der Waals surface area contributed by atoms with Crippen LogP contribution in [0.15, 0.2) is 36.4 Å². The summed E-state index contributed by atoms with van der Waals surface area (Å²) in [5.74, 6) is 0.648. The second kappa shape index (κ2) is 9.60. The molecule has 0 saturated heterocycles. The molecule has 0 aromatic heterocycles. The standard InChI is InChI=1S/C24H32F2NO4P/c1-32(14-27,12-19(28)23-6-2-15-10-17(25)4-8-21(15)30-23)13-20(29)24-7-3-16-11-18(26)5-9-22(16)31-24/h4-5,8-11,19-20,23-24,28-29,32H,2-3,6-7,12-14,27H2,1H3. The Bertz CT molecular complexity index is 888. The summed E-state index contributed by atoms with van der Waals surface area (Å²) in [5.41, 5.74) is 7.76. The summed E-state index contributed by atoms with van der Waals surface area (Å²) >= 11 is 0. The second-order valence-electron chi connectivity index (χ2n) is 9.45. The molecule has 0 radical (unpaired) electrons. The zero-order valence-corrected chi connectivity index (χ0v) is 19.3. The van der Waals surface area contributed by atoms with Crippen molar-refractivity contribution in [1.29, 1.82) is 0 Å². The Morgan fingerprint density at radius 3 is 1.75 bits per heavy atom. The summed E-state index contributed by atoms with van der Waals surface area (Å²) in [6, 6.07) is 8.89. The quantitative estimate of drug-likeness (QED) is 0.545. The Kier molecular flexibility index (Phi) is 7.01. The summed E-state index contributed by atoms with van der Waals surface area (Å²) in [4.78, 5) is 0. The van der Waals surface area contributed by atoms with Crippen LogP contribution in [0.2, 0.25) is 0 Å². The molecule has 4 atom stereocenters. The van der Waals surface area contributed by atoms with Crippen LogP contribution < -0.4 is 15.2 Å². The SMILES string of the molecule is C[PH](CN)(CC(O)C1CCc2cc(F)ccc2O1)CC(O)C1CCc2cc(F)ccc2O1. The molecule has 0 saturated carbocycles. The predicted molar refractivity (Wildman–Crippen MR) is 123 cm³/mol. The first-order valence-corrected chi connectivity index (χ1v) is 14.3. The van der Waals surface area contributed by atoms with Crippen LogP contribution in [0.1, 0.15) is 24.0 Å². The summed E-state index contributed by atoms with van der Waals surface area (Å²) in [6.45, 7) is 2.08. The van der Waals surface area contributed by atoms with Gasteiger partial charge >= 0.3 is 187 Å². The average Bonchev–Trinajstić information content (AvgIpc) is 2.78. The monoisotopic (exact) mass is 467 g/mol. The minimum atomic E-state index is -2.22. The van der Waals surface area contributed by atoms with E-state index in [1.165, 1.54) is 24.3 Å². The van der Waals surface area contributed by atoms with Crippen LogP contribution in [0.5, 0.6) is 11.5 Å². The van der Waals surface area contributed by atoms with Gasteiger partial charge in [0.25, 0.3) is 0 Å². The van der Waals surface area contributed by atoms with Gasteiger partial charge in [0.1, 0.15) is 0 Å². The maximum absolute atomic E-state index is 13.4. The Labute approximate surface area is 187 Å². The van der Waals surface area contributed by atoms with Gasteiger partial charge in [-0.3, -0.25) is 0 Å². The van der Waals surface area contributed by atoms with Crippen molar-refractivity contribution in [2.75, 3.05) is 25.3 Å². The number of nitrogens with two attached hydrogens (primary N) is 1. The van der Waals surface area contributed by atoms with Crippen LogP contribution in [-0.2, 0) is 12.8 Å². The summed E-state index contributed by atoms with van der Waals surface area (Å²) < 4.78 is 38.8. The van der Waals surface area contributed by atoms with Crippen molar-refractivity contribution < 1.29 is 28.5 Å². The fourth-order valence-corrected chi connectivity index (χ4v) is 7.87. The molecule has 4 rings (SSSR count). The van der Waals surface area contributed by atoms with Gasteiger partial charge in [0.05, 0.1) is 0 Å². The van der Waals surface area contributed by atoms with Crippen molar-refractivity contribution in [1.82, 2.24) is 0 Å². The molecule has 2 aliphatic heterocycles. The summed E-state index contributed by atoms with van der Waals surface area (Å²) in [6.07, 6.45) is 1.74. The molecule has 32 heavy (non-hydrogen) atoms. The molecule has 0 bridgehead atoms. The fourth-order valence-electron chi connectivity index (χ4n) is 4.82. The van der Waals surface area contributed by atoms with E-state index in [0.717, 1.165) is 11.1 Å². The van der Waals surface area contributed by atoms with E-state index >= 15 is 0 Å². The van der Waals surface area contributed by atoms with E-state index in [1.807, 2.05) is 0 Å². The zero-order chi connectivity index (χ0) is 22.9. The van der Waals surface area contributed by atoms with Crippen LogP contribution in [-0.4, -0.2) is 59.9 Å². The number of aliphatic hydroxyl groups excluding tert-OH is 2. The molecule has 2 aliphatic rings. The van der Waals surface area contributed by atoms with Gasteiger partial charge in [-0.2, -0.15) is 0 Å². The Hall–Kier alpha value is -1.79. The van der Waals surface area contributed by atoms with Crippen molar-refractivity contribution in [2.24, 2.45) is 5.73 Å². The van der Waals surface area contributed by atoms with Crippen molar-refractivity contribution in [3.05, 3.63) is 59.2 Å². The Balaban J connectivity index is 1.37. The van der Waals surface area contributed by atoms with Gasteiger partial charge in [-0.25, -0.2) is 0 Å². The van der Waals surface area contributed by atoms with E-state index in [-0.39, 0.29) is 23.8 Å². The molecule has 2 aromatic carbocycles. The molecule has 2 aromatic rings. The third kappa shape index (κ3) is 5.23. The van der Waals surface area contributed by atoms with E-state index in [4.69, 9.17) is 15.2 Å². The number of aryl methyl sites for hydroxylation is 2. The van der Waals surface area contributed by atoms with Crippen LogP contribution >= 0.6 is 7.26 Å². The van der Waals surface area contributed by atoms with Crippen LogP contribution in [0, 0.1) is 11.6 Å². The van der Waals surface area contributed by atoms with Crippen molar-refractivity contribution in [2.45, 2.75) is 50.1 Å². The number of hydrogen-bond acceptors (Lipinski definition) is 5. The van der Waals surface area contributed by atoms with Crippen LogP contribution in [0.3, 0.4) is 0 Å². The van der Waals surface area contributed by atoms with Gasteiger partial charge in [0, 0.05) is 0 Å². The van der Waals surface area contributed by atoms with Crippen LogP contribution in [0.25, 0.3) is 0 Å². The molecule has 4 N–H and O–H groups in total. The van der Waals surface area contributed by atoms with E-state index in [1.54, 1.807) is 12.1 Å². The molecule has 0 amide bonds. The first-order chi connectivity index (χ1) is 15.3. The van der Waals surface area contributed by atoms with Gasteiger partial charge in [-0.05, 0) is 0 Å². The predicted octanol–water partition coefficient (Wildman–Crippen LogP) is 3.07. The van der Waals surface area contributed by atoms with E-state index < -0.39 is 19.5 Å². The number of hydrogen-bond donors (Lipinski definition) is 3. The average molecular weight is 467 g/mol. The Morgan fingerprint density at radius 2 is 1.34 bits per heavy atom. The van der Waals surface area contributed by atoms with E-state index in [2.05, 4.69) is 6.66 Å². The number of halogens is 2. The van der Waals surface area contributed by atoms with Crippen LogP contribution in [0.4, 0.5) is 8.78 Å². The first-order valence-electron chi connectivity index (χ1n) is 11.2. The molecule has 2 heterocycles. The fraction of sp³-hybridized carbons (Fsp3) is 0.500. The molecule has 0 fully saturated rings. The minimum absolute atomic E-state index is 0.291. The van der Waals surface area contributed by atoms with Crippen molar-refractivity contribution >= 4 is 7.26 Å². The van der Waals surface area contributed by atoms with Gasteiger partial charge < -0.3 is 0 Å². The summed E-state index contributed by atoms with van der Waals surface area (Å²) in [5, 5.41) is 21.9. The molecule has 0 spiro atoms. The third-order valence-corrected chi connectivity index (χ3v) is 10.5. The molecule has 4 unspecified atom stereocenters. The van der Waals surface area contributed by atoms with E-state index in [9.17, 15) is 19.0 Å². The van der Waals surface area contributed by atoms with Gasteiger partial charge in [-0.1, -0.05) is 0 Å². The number of ether oxygens (including phenoxy) is 2. The summed E-state index contributed by atoms with van der Waals surface area (Å²) in [7, 11) is -2.22. The number of benzene rings is 2. The van der Waals surface area contributed by atoms with Gasteiger partial charge in [-0.15, -0.1) is 0 Å². The second-order valence-corrected chi connectivity index (χ2v) is 14.3. The van der Waals surface area contributed by atoms with Gasteiger partial charge in [0.2, 0.25) is 0 Å². The number of aliphatic hydroxyl groups is 2. The molecular weight excluding hydrogens is 435 g/mol. The zero-order valence-electron chi connectivity index (χ0n) is 18.3. The number of fused-ring (bicyclic) bond motifs is 2. The Morgan fingerprint density at radius 1 is 0.906 bits per heavy atom. The van der Waals surface area contributed by atoms with Crippen molar-refractivity contribution in [3.8, 4) is 11.5 Å². The molecule has 0 aliphatic carbocycles. The molecule has 8 heteroatoms. The third-order valence-electron chi connectivity index (χ3n) is 6.75. The molecular formula is C24H32F2NO4P. The normalized spacial score (nSPS) is 22.7. The van der Waals surface area contributed by atoms with Gasteiger partial charge in [0.15, 0.2) is 0 Å². The number of rotatable bonds is 7.